The van der Waals surface area contributed by atoms with Gasteiger partial charge in [-0.2, -0.15) is 0 Å². The van der Waals surface area contributed by atoms with Crippen LogP contribution in [0.4, 0.5) is 4.79 Å². The first kappa shape index (κ1) is 14.8. The number of piperidine rings is 1. The Morgan fingerprint density at radius 2 is 1.55 bits per heavy atom. The highest BCUT2D eigenvalue weighted by Crippen LogP contribution is 2.61. The Labute approximate surface area is 133 Å². The van der Waals surface area contributed by atoms with Crippen molar-refractivity contribution in [1.82, 2.24) is 4.90 Å². The van der Waals surface area contributed by atoms with Crippen LogP contribution in [0.25, 0.3) is 0 Å². The van der Waals surface area contributed by atoms with Crippen molar-refractivity contribution in [1.29, 1.82) is 0 Å². The Balaban J connectivity index is 1.46. The Kier molecular flexibility index (Phi) is 3.83. The molecule has 4 aliphatic carbocycles. The minimum Gasteiger partial charge on any atom is -0.419 e. The van der Waals surface area contributed by atoms with Crippen molar-refractivity contribution in [2.75, 3.05) is 20.2 Å². The maximum atomic E-state index is 12.5. The lowest BCUT2D eigenvalue weighted by molar-refractivity contribution is -0.219. The van der Waals surface area contributed by atoms with Crippen molar-refractivity contribution >= 4 is 6.09 Å². The van der Waals surface area contributed by atoms with Crippen molar-refractivity contribution in [3.63, 3.8) is 0 Å². The number of ether oxygens (including phenoxy) is 2. The van der Waals surface area contributed by atoms with Crippen molar-refractivity contribution < 1.29 is 14.3 Å². The van der Waals surface area contributed by atoms with Crippen LogP contribution in [0.5, 0.6) is 0 Å². The molecule has 4 nitrogen and oxygen atoms in total. The average Bonchev–Trinajstić information content (AvgIpc) is 2.51. The summed E-state index contributed by atoms with van der Waals surface area (Å²) in [6.07, 6.45) is 10.7. The lowest BCUT2D eigenvalue weighted by Gasteiger charge is -2.58. The van der Waals surface area contributed by atoms with Crippen molar-refractivity contribution in [3.8, 4) is 0 Å². The van der Waals surface area contributed by atoms with Crippen molar-refractivity contribution in [2.45, 2.75) is 64.1 Å². The van der Waals surface area contributed by atoms with Crippen molar-refractivity contribution in [3.05, 3.63) is 0 Å². The Morgan fingerprint density at radius 1 is 1.00 bits per heavy atom. The van der Waals surface area contributed by atoms with Gasteiger partial charge in [-0.25, -0.2) is 4.79 Å². The molecule has 0 N–H and O–H groups in total. The monoisotopic (exact) mass is 307 g/mol. The van der Waals surface area contributed by atoms with Crippen LogP contribution in [0.1, 0.15) is 57.8 Å². The third-order valence-electron chi connectivity index (χ3n) is 6.62. The summed E-state index contributed by atoms with van der Waals surface area (Å²) in [7, 11) is 1.72. The molecule has 1 unspecified atom stereocenters. The molecule has 5 fully saturated rings. The maximum absolute atomic E-state index is 12.5. The van der Waals surface area contributed by atoms with Gasteiger partial charge in [0.2, 0.25) is 6.29 Å². The fourth-order valence-electron chi connectivity index (χ4n) is 6.13. The van der Waals surface area contributed by atoms with E-state index in [0.29, 0.717) is 0 Å². The standard InChI is InChI=1S/C18H29NO3/c1-21-16(22-17(20)19-5-3-2-4-6-19)18-10-13-7-14(11-18)9-15(8-13)12-18/h13-16H,2-12H2,1H3. The Morgan fingerprint density at radius 3 is 2.05 bits per heavy atom. The second-order valence-electron chi connectivity index (χ2n) is 8.28. The number of hydrogen-bond acceptors (Lipinski definition) is 3. The molecule has 4 heteroatoms. The highest BCUT2D eigenvalue weighted by Gasteiger charge is 2.56. The summed E-state index contributed by atoms with van der Waals surface area (Å²) in [5.74, 6) is 2.53. The van der Waals surface area contributed by atoms with E-state index >= 15 is 0 Å². The molecule has 1 atom stereocenters. The van der Waals surface area contributed by atoms with Gasteiger partial charge in [0.1, 0.15) is 0 Å². The number of amides is 1. The molecule has 124 valence electrons. The van der Waals surface area contributed by atoms with Gasteiger partial charge in [-0.15, -0.1) is 0 Å². The zero-order valence-corrected chi connectivity index (χ0v) is 13.8. The van der Waals surface area contributed by atoms with Crippen LogP contribution in [0.3, 0.4) is 0 Å². The van der Waals surface area contributed by atoms with Gasteiger partial charge < -0.3 is 14.4 Å². The zero-order valence-electron chi connectivity index (χ0n) is 13.8. The maximum Gasteiger partial charge on any atom is 0.412 e. The van der Waals surface area contributed by atoms with Crippen LogP contribution in [0.2, 0.25) is 0 Å². The van der Waals surface area contributed by atoms with E-state index in [1.165, 1.54) is 44.9 Å². The molecule has 0 aromatic rings. The molecule has 1 aliphatic heterocycles. The molecule has 5 rings (SSSR count). The number of carbonyl (C=O) groups is 1. The number of carbonyl (C=O) groups excluding carboxylic acids is 1. The first-order valence-corrected chi connectivity index (χ1v) is 9.17. The summed E-state index contributed by atoms with van der Waals surface area (Å²) in [6.45, 7) is 1.69. The Bertz CT molecular complexity index is 395. The van der Waals surface area contributed by atoms with E-state index in [0.717, 1.165) is 43.7 Å². The summed E-state index contributed by atoms with van der Waals surface area (Å²) in [4.78, 5) is 14.4. The lowest BCUT2D eigenvalue weighted by atomic mass is 9.49. The normalized spacial score (nSPS) is 41.5. The third-order valence-corrected chi connectivity index (χ3v) is 6.62. The molecule has 4 bridgehead atoms. The summed E-state index contributed by atoms with van der Waals surface area (Å²) < 4.78 is 11.6. The minimum atomic E-state index is -0.338. The molecule has 22 heavy (non-hydrogen) atoms. The first-order chi connectivity index (χ1) is 10.7. The van der Waals surface area contributed by atoms with Crippen LogP contribution in [0.15, 0.2) is 0 Å². The van der Waals surface area contributed by atoms with Crippen LogP contribution >= 0.6 is 0 Å². The van der Waals surface area contributed by atoms with E-state index in [-0.39, 0.29) is 17.8 Å². The lowest BCUT2D eigenvalue weighted by Crippen LogP contribution is -2.54. The Hall–Kier alpha value is -0.770. The van der Waals surface area contributed by atoms with Gasteiger partial charge in [0.15, 0.2) is 0 Å². The molecule has 0 spiro atoms. The summed E-state index contributed by atoms with van der Waals surface area (Å²) in [5.41, 5.74) is 0.106. The zero-order chi connectivity index (χ0) is 15.2. The van der Waals surface area contributed by atoms with Gasteiger partial charge in [0.25, 0.3) is 0 Å². The van der Waals surface area contributed by atoms with Gasteiger partial charge in [0, 0.05) is 25.6 Å². The summed E-state index contributed by atoms with van der Waals surface area (Å²) >= 11 is 0. The van der Waals surface area contributed by atoms with E-state index in [4.69, 9.17) is 9.47 Å². The van der Waals surface area contributed by atoms with E-state index in [2.05, 4.69) is 0 Å². The van der Waals surface area contributed by atoms with Gasteiger partial charge >= 0.3 is 6.09 Å². The first-order valence-electron chi connectivity index (χ1n) is 9.17. The fourth-order valence-corrected chi connectivity index (χ4v) is 6.13. The number of hydrogen-bond donors (Lipinski definition) is 0. The van der Waals surface area contributed by atoms with E-state index in [9.17, 15) is 4.79 Å². The number of likely N-dealkylation sites (tertiary alicyclic amines) is 1. The average molecular weight is 307 g/mol. The second-order valence-corrected chi connectivity index (χ2v) is 8.28. The molecule has 0 aromatic carbocycles. The molecular weight excluding hydrogens is 278 g/mol. The predicted octanol–water partition coefficient (Wildman–Crippen LogP) is 3.80. The van der Waals surface area contributed by atoms with Crippen LogP contribution in [0, 0.1) is 23.2 Å². The minimum absolute atomic E-state index is 0.106. The predicted molar refractivity (Wildman–Crippen MR) is 83.3 cm³/mol. The molecule has 0 aromatic heterocycles. The molecule has 1 amide bonds. The fraction of sp³-hybridized carbons (Fsp3) is 0.944. The van der Waals surface area contributed by atoms with Crippen molar-refractivity contribution in [2.24, 2.45) is 23.2 Å². The van der Waals surface area contributed by atoms with E-state index < -0.39 is 0 Å². The molecule has 5 aliphatic rings. The number of rotatable bonds is 3. The van der Waals surface area contributed by atoms with E-state index in [1.807, 2.05) is 4.90 Å². The van der Waals surface area contributed by atoms with Crippen LogP contribution in [-0.4, -0.2) is 37.5 Å². The quantitative estimate of drug-likeness (QED) is 0.744. The van der Waals surface area contributed by atoms with Gasteiger partial charge in [0.05, 0.1) is 0 Å². The summed E-state index contributed by atoms with van der Waals surface area (Å²) in [6, 6.07) is 0. The third kappa shape index (κ3) is 2.53. The highest BCUT2D eigenvalue weighted by molar-refractivity contribution is 5.67. The van der Waals surface area contributed by atoms with E-state index in [1.54, 1.807) is 7.11 Å². The molecular formula is C18H29NO3. The molecule has 1 heterocycles. The summed E-state index contributed by atoms with van der Waals surface area (Å²) in [5, 5.41) is 0. The number of nitrogens with zero attached hydrogens (tertiary/aromatic N) is 1. The van der Waals surface area contributed by atoms with Crippen LogP contribution in [-0.2, 0) is 9.47 Å². The molecule has 0 radical (unpaired) electrons. The van der Waals surface area contributed by atoms with Gasteiger partial charge in [-0.3, -0.25) is 0 Å². The molecule has 1 saturated heterocycles. The highest BCUT2D eigenvalue weighted by atomic mass is 16.7. The molecule has 4 saturated carbocycles. The SMILES string of the molecule is COC(OC(=O)N1CCCCC1)C12CC3CC(CC(C3)C1)C2. The largest absolute Gasteiger partial charge is 0.419 e. The van der Waals surface area contributed by atoms with Crippen LogP contribution < -0.4 is 0 Å². The van der Waals surface area contributed by atoms with Gasteiger partial charge in [-0.05, 0) is 75.5 Å². The second kappa shape index (κ2) is 5.70. The smallest absolute Gasteiger partial charge is 0.412 e. The topological polar surface area (TPSA) is 38.8 Å². The van der Waals surface area contributed by atoms with Gasteiger partial charge in [-0.1, -0.05) is 0 Å². The number of methoxy groups -OCH3 is 1.